The zero-order chi connectivity index (χ0) is 17.4. The molecule has 1 aliphatic heterocycles. The van der Waals surface area contributed by atoms with Gasteiger partial charge in [0.25, 0.3) is 0 Å². The van der Waals surface area contributed by atoms with Gasteiger partial charge >= 0.3 is 0 Å². The van der Waals surface area contributed by atoms with E-state index in [1.54, 1.807) is 12.4 Å². The Morgan fingerprint density at radius 1 is 1.40 bits per heavy atom. The summed E-state index contributed by atoms with van der Waals surface area (Å²) in [5.74, 6) is 1.99. The van der Waals surface area contributed by atoms with Crippen LogP contribution in [0, 0.1) is 5.92 Å². The highest BCUT2D eigenvalue weighted by Gasteiger charge is 2.46. The number of amides is 1. The Morgan fingerprint density at radius 3 is 2.92 bits per heavy atom. The highest BCUT2D eigenvalue weighted by molar-refractivity contribution is 5.79. The molecule has 3 heterocycles. The molecule has 2 atom stereocenters. The second-order valence-electron chi connectivity index (χ2n) is 7.23. The van der Waals surface area contributed by atoms with Crippen molar-refractivity contribution in [2.75, 3.05) is 6.61 Å². The lowest BCUT2D eigenvalue weighted by molar-refractivity contribution is -0.160. The monoisotopic (exact) mass is 341 g/mol. The van der Waals surface area contributed by atoms with Gasteiger partial charge in [-0.05, 0) is 30.4 Å². The molecular weight excluding hydrogens is 318 g/mol. The van der Waals surface area contributed by atoms with E-state index >= 15 is 0 Å². The molecule has 4 rings (SSSR count). The van der Waals surface area contributed by atoms with Gasteiger partial charge in [0.05, 0.1) is 6.04 Å². The zero-order valence-electron chi connectivity index (χ0n) is 14.6. The maximum Gasteiger partial charge on any atom is 0.249 e. The van der Waals surface area contributed by atoms with Gasteiger partial charge in [0.15, 0.2) is 5.82 Å². The molecule has 0 spiro atoms. The summed E-state index contributed by atoms with van der Waals surface area (Å²) in [6.07, 6.45) is 6.08. The lowest BCUT2D eigenvalue weighted by Gasteiger charge is -2.40. The van der Waals surface area contributed by atoms with Gasteiger partial charge in [-0.1, -0.05) is 19.9 Å². The molecule has 25 heavy (non-hydrogen) atoms. The number of morpholine rings is 1. The van der Waals surface area contributed by atoms with Crippen molar-refractivity contribution in [1.29, 1.82) is 0 Å². The summed E-state index contributed by atoms with van der Waals surface area (Å²) in [4.78, 5) is 23.3. The Labute approximate surface area is 146 Å². The van der Waals surface area contributed by atoms with E-state index in [4.69, 9.17) is 4.74 Å². The Hall–Kier alpha value is -2.28. The van der Waals surface area contributed by atoms with E-state index in [9.17, 15) is 4.79 Å². The number of rotatable bonds is 5. The number of aromatic nitrogens is 4. The van der Waals surface area contributed by atoms with Gasteiger partial charge in [-0.15, -0.1) is 0 Å². The maximum absolute atomic E-state index is 12.5. The van der Waals surface area contributed by atoms with Crippen molar-refractivity contribution >= 4 is 5.91 Å². The van der Waals surface area contributed by atoms with Gasteiger partial charge in [0.2, 0.25) is 5.91 Å². The van der Waals surface area contributed by atoms with Crippen LogP contribution in [0.25, 0.3) is 0 Å². The normalized spacial score (nSPS) is 24.1. The number of hydrogen-bond donors (Lipinski definition) is 1. The summed E-state index contributed by atoms with van der Waals surface area (Å²) in [7, 11) is 0. The van der Waals surface area contributed by atoms with Gasteiger partial charge in [0, 0.05) is 24.9 Å². The lowest BCUT2D eigenvalue weighted by atomic mass is 9.98. The molecular formula is C18H23N5O2. The smallest absolute Gasteiger partial charge is 0.249 e. The van der Waals surface area contributed by atoms with Crippen LogP contribution >= 0.6 is 0 Å². The molecule has 0 bridgehead atoms. The fourth-order valence-electron chi connectivity index (χ4n) is 3.43. The second kappa shape index (κ2) is 6.55. The first kappa shape index (κ1) is 16.2. The minimum absolute atomic E-state index is 0.0329. The minimum atomic E-state index is -0.375. The largest absolute Gasteiger partial charge is 0.358 e. The zero-order valence-corrected chi connectivity index (χ0v) is 14.6. The molecule has 0 aromatic carbocycles. The Morgan fingerprint density at radius 2 is 2.24 bits per heavy atom. The third-order valence-electron chi connectivity index (χ3n) is 4.63. The minimum Gasteiger partial charge on any atom is -0.358 e. The Balaban J connectivity index is 1.69. The average molecular weight is 341 g/mol. The first-order valence-electron chi connectivity index (χ1n) is 8.87. The number of carbonyl (C=O) groups excluding carboxylic acids is 1. The number of aromatic amines is 1. The summed E-state index contributed by atoms with van der Waals surface area (Å²) in [5, 5.41) is 7.41. The molecule has 2 aromatic heterocycles. The molecule has 1 saturated heterocycles. The number of ether oxygens (including phenoxy) is 1. The highest BCUT2D eigenvalue weighted by Crippen LogP contribution is 2.44. The van der Waals surface area contributed by atoms with E-state index in [0.29, 0.717) is 11.7 Å². The molecule has 7 nitrogen and oxygen atoms in total. The number of H-pyrrole nitrogens is 1. The van der Waals surface area contributed by atoms with E-state index in [1.807, 2.05) is 17.0 Å². The molecule has 1 saturated carbocycles. The first-order valence-corrected chi connectivity index (χ1v) is 8.87. The summed E-state index contributed by atoms with van der Waals surface area (Å²) in [5.41, 5.74) is 0.961. The van der Waals surface area contributed by atoms with E-state index in [-0.39, 0.29) is 30.7 Å². The van der Waals surface area contributed by atoms with Crippen molar-refractivity contribution < 1.29 is 9.53 Å². The fraction of sp³-hybridized carbons (Fsp3) is 0.556. The number of nitrogens with one attached hydrogen (secondary N) is 1. The molecule has 0 unspecified atom stereocenters. The van der Waals surface area contributed by atoms with Crippen LogP contribution in [-0.2, 0) is 16.0 Å². The van der Waals surface area contributed by atoms with Gasteiger partial charge in [-0.25, -0.2) is 4.98 Å². The molecule has 1 N–H and O–H groups in total. The molecule has 132 valence electrons. The van der Waals surface area contributed by atoms with Gasteiger partial charge in [-0.3, -0.25) is 14.9 Å². The highest BCUT2D eigenvalue weighted by atomic mass is 16.5. The fourth-order valence-corrected chi connectivity index (χ4v) is 3.43. The van der Waals surface area contributed by atoms with Crippen molar-refractivity contribution in [2.24, 2.45) is 5.92 Å². The molecule has 2 fully saturated rings. The topological polar surface area (TPSA) is 84.0 Å². The first-order chi connectivity index (χ1) is 12.1. The van der Waals surface area contributed by atoms with Crippen LogP contribution in [0.1, 0.15) is 56.0 Å². The van der Waals surface area contributed by atoms with E-state index in [1.165, 1.54) is 0 Å². The van der Waals surface area contributed by atoms with E-state index < -0.39 is 0 Å². The molecule has 1 amide bonds. The summed E-state index contributed by atoms with van der Waals surface area (Å²) >= 11 is 0. The van der Waals surface area contributed by atoms with E-state index in [2.05, 4.69) is 34.0 Å². The van der Waals surface area contributed by atoms with Gasteiger partial charge < -0.3 is 9.64 Å². The number of pyridine rings is 1. The molecule has 2 aliphatic rings. The maximum atomic E-state index is 12.5. The Kier molecular flexibility index (Phi) is 4.25. The van der Waals surface area contributed by atoms with Crippen LogP contribution in [0.5, 0.6) is 0 Å². The summed E-state index contributed by atoms with van der Waals surface area (Å²) in [6.45, 7) is 4.36. The molecule has 2 aromatic rings. The molecule has 1 aliphatic carbocycles. The van der Waals surface area contributed by atoms with Gasteiger partial charge in [0.1, 0.15) is 18.5 Å². The standard InChI is InChI=1S/C18H23N5O2/c1-11(2)8-14-20-18(22-21-14)17-16(12-4-3-7-19-9-12)23(13-5-6-13)15(24)10-25-17/h3-4,7,9,11,13,16-17H,5-6,8,10H2,1-2H3,(H,20,21,22)/t16-,17+/m1/s1. The Bertz CT molecular complexity index is 741. The van der Waals surface area contributed by atoms with Crippen molar-refractivity contribution in [3.8, 4) is 0 Å². The van der Waals surface area contributed by atoms with E-state index in [0.717, 1.165) is 30.7 Å². The van der Waals surface area contributed by atoms with Gasteiger partial charge in [-0.2, -0.15) is 5.10 Å². The summed E-state index contributed by atoms with van der Waals surface area (Å²) < 4.78 is 5.91. The van der Waals surface area contributed by atoms with Crippen LogP contribution in [0.2, 0.25) is 0 Å². The number of nitrogens with zero attached hydrogens (tertiary/aromatic N) is 4. The van der Waals surface area contributed by atoms with Crippen molar-refractivity contribution in [2.45, 2.75) is 51.3 Å². The average Bonchev–Trinajstić information content (AvgIpc) is 3.34. The van der Waals surface area contributed by atoms with Crippen LogP contribution in [0.15, 0.2) is 24.5 Å². The molecule has 0 radical (unpaired) electrons. The van der Waals surface area contributed by atoms with Crippen molar-refractivity contribution in [3.63, 3.8) is 0 Å². The number of hydrogen-bond acceptors (Lipinski definition) is 5. The SMILES string of the molecule is CC(C)Cc1nc([C@H]2OCC(=O)N(C3CC3)[C@@H]2c2cccnc2)n[nH]1. The summed E-state index contributed by atoms with van der Waals surface area (Å²) in [6, 6.07) is 3.94. The van der Waals surface area contributed by atoms with Crippen molar-refractivity contribution in [3.05, 3.63) is 41.7 Å². The van der Waals surface area contributed by atoms with Crippen LogP contribution in [0.3, 0.4) is 0 Å². The van der Waals surface area contributed by atoms with Crippen molar-refractivity contribution in [1.82, 2.24) is 25.1 Å². The third kappa shape index (κ3) is 3.28. The van der Waals surface area contributed by atoms with Crippen LogP contribution in [-0.4, -0.2) is 43.6 Å². The quantitative estimate of drug-likeness (QED) is 0.901. The predicted molar refractivity (Wildman–Crippen MR) is 90.5 cm³/mol. The molecule has 7 heteroatoms. The second-order valence-corrected chi connectivity index (χ2v) is 7.23. The third-order valence-corrected chi connectivity index (χ3v) is 4.63. The van der Waals surface area contributed by atoms with Crippen LogP contribution < -0.4 is 0 Å². The lowest BCUT2D eigenvalue weighted by Crippen LogP contribution is -2.47. The van der Waals surface area contributed by atoms with Crippen LogP contribution in [0.4, 0.5) is 0 Å². The predicted octanol–water partition coefficient (Wildman–Crippen LogP) is 2.20. The number of carbonyl (C=O) groups is 1.